The molecule has 18 nitrogen and oxygen atoms in total. The van der Waals surface area contributed by atoms with Gasteiger partial charge < -0.3 is 37.9 Å². The Labute approximate surface area is 426 Å². The number of rotatable bonds is 24. The second kappa shape index (κ2) is 26.0. The maximum atomic E-state index is 13.7. The van der Waals surface area contributed by atoms with Crippen LogP contribution < -0.4 is 0 Å². The third-order valence-electron chi connectivity index (χ3n) is 13.5. The summed E-state index contributed by atoms with van der Waals surface area (Å²) in [5.41, 5.74) is 2.99. The van der Waals surface area contributed by atoms with Crippen LogP contribution >= 0.6 is 0 Å². The predicted octanol–water partition coefficient (Wildman–Crippen LogP) is 9.60. The smallest absolute Gasteiger partial charge is 0.338 e. The highest BCUT2D eigenvalue weighted by Crippen LogP contribution is 2.41. The lowest BCUT2D eigenvalue weighted by Gasteiger charge is -2.36. The van der Waals surface area contributed by atoms with E-state index in [2.05, 4.69) is 6.58 Å². The maximum Gasteiger partial charge on any atom is 0.338 e. The van der Waals surface area contributed by atoms with Gasteiger partial charge in [-0.1, -0.05) is 49.4 Å². The van der Waals surface area contributed by atoms with Gasteiger partial charge in [-0.05, 0) is 114 Å². The summed E-state index contributed by atoms with van der Waals surface area (Å²) in [5.74, 6) is -2.50. The van der Waals surface area contributed by atoms with Crippen molar-refractivity contribution in [2.45, 2.75) is 148 Å². The molecule has 0 aromatic heterocycles. The van der Waals surface area contributed by atoms with Gasteiger partial charge in [-0.15, -0.1) is 0 Å². The van der Waals surface area contributed by atoms with E-state index in [4.69, 9.17) is 37.9 Å². The van der Waals surface area contributed by atoms with Crippen molar-refractivity contribution < 1.29 is 66.9 Å². The second-order valence-electron chi connectivity index (χ2n) is 20.0. The Balaban J connectivity index is 1.21. The zero-order valence-electron chi connectivity index (χ0n) is 42.5. The van der Waals surface area contributed by atoms with Crippen molar-refractivity contribution in [2.24, 2.45) is 11.3 Å². The Morgan fingerprint density at radius 3 is 1.99 bits per heavy atom. The van der Waals surface area contributed by atoms with E-state index in [9.17, 15) is 39.4 Å². The molecule has 2 unspecified atom stereocenters. The predicted molar refractivity (Wildman–Crippen MR) is 267 cm³/mol. The van der Waals surface area contributed by atoms with Gasteiger partial charge in [0.05, 0.1) is 75.7 Å². The van der Waals surface area contributed by atoms with Crippen molar-refractivity contribution in [3.05, 3.63) is 139 Å². The average molecular weight is 1010 g/mol. The molecule has 3 aromatic carbocycles. The van der Waals surface area contributed by atoms with Crippen LogP contribution in [0.3, 0.4) is 0 Å². The molecular weight excluding hydrogens is 945 g/mol. The van der Waals surface area contributed by atoms with E-state index < -0.39 is 64.3 Å². The zero-order valence-corrected chi connectivity index (χ0v) is 42.5. The van der Waals surface area contributed by atoms with E-state index in [-0.39, 0.29) is 78.1 Å². The zero-order chi connectivity index (χ0) is 52.8. The van der Waals surface area contributed by atoms with Gasteiger partial charge in [-0.3, -0.25) is 29.8 Å². The fourth-order valence-electron chi connectivity index (χ4n) is 9.53. The molecule has 0 saturated carbocycles. The average Bonchev–Trinajstić information content (AvgIpc) is 3.89. The van der Waals surface area contributed by atoms with Crippen molar-refractivity contribution in [3.63, 3.8) is 0 Å². The molecule has 0 aliphatic carbocycles. The summed E-state index contributed by atoms with van der Waals surface area (Å²) in [6.07, 6.45) is 1.30. The minimum atomic E-state index is -1.12. The Hall–Kier alpha value is -6.34. The van der Waals surface area contributed by atoms with E-state index >= 15 is 0 Å². The first-order chi connectivity index (χ1) is 34.8. The van der Waals surface area contributed by atoms with Crippen LogP contribution in [-0.2, 0) is 53.9 Å². The van der Waals surface area contributed by atoms with Gasteiger partial charge in [0.15, 0.2) is 0 Å². The second-order valence-corrected chi connectivity index (χ2v) is 20.0. The number of hydrogen-bond donors (Lipinski definition) is 0. The number of nitrogens with zero attached hydrogens (tertiary/aromatic N) is 2. The Morgan fingerprint density at radius 1 is 0.767 bits per heavy atom. The molecule has 73 heavy (non-hydrogen) atoms. The monoisotopic (exact) mass is 1010 g/mol. The normalized spacial score (nSPS) is 23.4. The van der Waals surface area contributed by atoms with Gasteiger partial charge in [0, 0.05) is 56.6 Å². The molecule has 0 spiro atoms. The molecule has 3 aliphatic heterocycles. The number of hydrogen-bond acceptors (Lipinski definition) is 16. The Kier molecular flexibility index (Phi) is 20.0. The van der Waals surface area contributed by atoms with Gasteiger partial charge >= 0.3 is 23.9 Å². The lowest BCUT2D eigenvalue weighted by molar-refractivity contribution is -0.385. The number of nitro benzene ring substituents is 2. The highest BCUT2D eigenvalue weighted by Gasteiger charge is 2.48. The summed E-state index contributed by atoms with van der Waals surface area (Å²) in [6.45, 7) is 13.5. The Morgan fingerprint density at radius 2 is 1.38 bits per heavy atom. The van der Waals surface area contributed by atoms with Crippen molar-refractivity contribution in [3.8, 4) is 0 Å². The fourth-order valence-corrected chi connectivity index (χ4v) is 9.53. The molecule has 2 fully saturated rings. The molecule has 394 valence electrons. The van der Waals surface area contributed by atoms with Gasteiger partial charge in [0.25, 0.3) is 11.4 Å². The molecule has 18 heteroatoms. The first-order valence-corrected chi connectivity index (χ1v) is 24.9. The number of non-ortho nitro benzene ring substituents is 2. The summed E-state index contributed by atoms with van der Waals surface area (Å²) in [5, 5.41) is 22.6. The van der Waals surface area contributed by atoms with Gasteiger partial charge in [-0.2, -0.15) is 0 Å². The van der Waals surface area contributed by atoms with Crippen LogP contribution in [0.5, 0.6) is 0 Å². The van der Waals surface area contributed by atoms with E-state index in [0.29, 0.717) is 45.1 Å². The lowest BCUT2D eigenvalue weighted by Crippen LogP contribution is -2.38. The lowest BCUT2D eigenvalue weighted by atomic mass is 9.83. The number of nitro groups is 2. The third-order valence-corrected chi connectivity index (χ3v) is 13.5. The largest absolute Gasteiger partial charge is 0.465 e. The summed E-state index contributed by atoms with van der Waals surface area (Å²) < 4.78 is 49.5. The SMILES string of the molecule is C=C1C[C@H](CCCOC(=O)C(C)(C)C)OC1CC[C@H]1CC(C)=C(COC(=O)CC)C(C[C@@H]2O[C@H](C[C@@H](COC(=O)c3ccc([N+](=O)[O-])cc3)OC(=O)c3ccc([N+](=O)[O-])cc3)[C@H](OC)[C@H]2Cc2ccccc2)O1. The van der Waals surface area contributed by atoms with Gasteiger partial charge in [0.1, 0.15) is 19.3 Å². The summed E-state index contributed by atoms with van der Waals surface area (Å²) >= 11 is 0. The van der Waals surface area contributed by atoms with Crippen LogP contribution in [0.15, 0.2) is 102 Å². The van der Waals surface area contributed by atoms with Crippen molar-refractivity contribution in [1.82, 2.24) is 0 Å². The molecule has 9 atom stereocenters. The van der Waals surface area contributed by atoms with Crippen LogP contribution in [0.4, 0.5) is 11.4 Å². The minimum absolute atomic E-state index is 0.00905. The molecule has 0 radical (unpaired) electrons. The summed E-state index contributed by atoms with van der Waals surface area (Å²) in [7, 11) is 1.58. The standard InChI is InChI=1S/C55H68N2O16/c1-8-50(58)68-33-45-34(2)27-42(24-25-46-35(3)28-41(70-46)15-12-26-67-54(61)55(4,5)6)71-48(45)31-47-44(29-36-13-10-9-11-14-36)51(66-7)49(73-47)30-43(72-53(60)38-18-22-40(23-19-38)57(64)65)32-69-52(59)37-16-20-39(21-17-37)56(62)63/h9-11,13-14,16-23,41-44,46-49,51H,3,8,12,15,24-33H2,1-2,4-7H3/t41-,42-,43-,44-,46?,47-,48?,49+,51+/m0/s1. The molecular formula is C55H68N2O16. The first-order valence-electron chi connectivity index (χ1n) is 24.9. The number of esters is 4. The van der Waals surface area contributed by atoms with Crippen molar-refractivity contribution in [2.75, 3.05) is 26.9 Å². The van der Waals surface area contributed by atoms with Gasteiger partial charge in [0.2, 0.25) is 0 Å². The molecule has 3 heterocycles. The molecule has 2 saturated heterocycles. The van der Waals surface area contributed by atoms with E-state index in [1.165, 1.54) is 48.5 Å². The fraction of sp³-hybridized carbons (Fsp3) is 0.527. The molecule has 3 aliphatic rings. The highest BCUT2D eigenvalue weighted by molar-refractivity contribution is 5.90. The van der Waals surface area contributed by atoms with Crippen LogP contribution in [0.2, 0.25) is 0 Å². The highest BCUT2D eigenvalue weighted by atomic mass is 16.6. The summed E-state index contributed by atoms with van der Waals surface area (Å²) in [6, 6.07) is 19.6. The number of carbonyl (C=O) groups excluding carboxylic acids is 4. The van der Waals surface area contributed by atoms with Crippen LogP contribution in [0, 0.1) is 31.6 Å². The number of benzene rings is 3. The summed E-state index contributed by atoms with van der Waals surface area (Å²) in [4.78, 5) is 73.2. The topological polar surface area (TPSA) is 228 Å². The van der Waals surface area contributed by atoms with Crippen LogP contribution in [0.25, 0.3) is 0 Å². The molecule has 6 rings (SSSR count). The van der Waals surface area contributed by atoms with Crippen molar-refractivity contribution >= 4 is 35.3 Å². The van der Waals surface area contributed by atoms with Crippen LogP contribution in [0.1, 0.15) is 119 Å². The molecule has 0 N–H and O–H groups in total. The number of carbonyl (C=O) groups is 4. The number of methoxy groups -OCH3 is 1. The molecule has 0 bridgehead atoms. The quantitative estimate of drug-likeness (QED) is 0.0203. The van der Waals surface area contributed by atoms with Crippen LogP contribution in [-0.4, -0.2) is 109 Å². The number of ether oxygens (including phenoxy) is 8. The van der Waals surface area contributed by atoms with Crippen molar-refractivity contribution in [1.29, 1.82) is 0 Å². The molecule has 3 aromatic rings. The van der Waals surface area contributed by atoms with E-state index in [1.807, 2.05) is 58.0 Å². The van der Waals surface area contributed by atoms with Gasteiger partial charge in [-0.25, -0.2) is 9.59 Å². The minimum Gasteiger partial charge on any atom is -0.465 e. The Bertz CT molecular complexity index is 2430. The first kappa shape index (κ1) is 56.0. The maximum absolute atomic E-state index is 13.7. The molecule has 0 amide bonds. The van der Waals surface area contributed by atoms with E-state index in [1.54, 1.807) is 14.0 Å². The third kappa shape index (κ3) is 15.8. The van der Waals surface area contributed by atoms with E-state index in [0.717, 1.165) is 35.1 Å².